The maximum absolute atomic E-state index is 9.46. The van der Waals surface area contributed by atoms with Gasteiger partial charge in [-0.2, -0.15) is 0 Å². The molecule has 0 spiro atoms. The molecule has 0 aliphatic carbocycles. The van der Waals surface area contributed by atoms with Crippen LogP contribution < -0.4 is 10.6 Å². The zero-order valence-electron chi connectivity index (χ0n) is 12.1. The number of hydrogen-bond donors (Lipinski definition) is 2. The summed E-state index contributed by atoms with van der Waals surface area (Å²) in [5.41, 5.74) is 6.33. The van der Waals surface area contributed by atoms with Gasteiger partial charge in [0.2, 0.25) is 0 Å². The molecule has 0 aromatic carbocycles. The predicted molar refractivity (Wildman–Crippen MR) is 82.1 cm³/mol. The standard InChI is InChI=1S/C14H20N6O/c1-10(21)8-19-4-6-20(7-5-19)14-11-2-3-12(15)18-13(11)16-9-17-14/h2-3,9-10,21H,4-8H2,1H3,(H2,15,16,17,18)/t10-/m1/s1. The van der Waals surface area contributed by atoms with E-state index in [9.17, 15) is 5.11 Å². The van der Waals surface area contributed by atoms with Gasteiger partial charge in [-0.25, -0.2) is 15.0 Å². The first-order chi connectivity index (χ1) is 10.1. The minimum absolute atomic E-state index is 0.288. The van der Waals surface area contributed by atoms with E-state index in [4.69, 9.17) is 5.73 Å². The number of nitrogens with two attached hydrogens (primary N) is 1. The van der Waals surface area contributed by atoms with Crippen LogP contribution in [0, 0.1) is 0 Å². The molecule has 0 saturated carbocycles. The van der Waals surface area contributed by atoms with E-state index in [-0.39, 0.29) is 6.10 Å². The van der Waals surface area contributed by atoms with Gasteiger partial charge in [-0.15, -0.1) is 0 Å². The number of fused-ring (bicyclic) bond motifs is 1. The highest BCUT2D eigenvalue weighted by atomic mass is 16.3. The molecular formula is C14H20N6O. The van der Waals surface area contributed by atoms with Gasteiger partial charge in [0.25, 0.3) is 0 Å². The lowest BCUT2D eigenvalue weighted by Gasteiger charge is -2.36. The molecule has 0 unspecified atom stereocenters. The predicted octanol–water partition coefficient (Wildman–Crippen LogP) is 0.110. The van der Waals surface area contributed by atoms with Crippen molar-refractivity contribution in [3.05, 3.63) is 18.5 Å². The Morgan fingerprint density at radius 1 is 1.24 bits per heavy atom. The van der Waals surface area contributed by atoms with Crippen LogP contribution in [0.2, 0.25) is 0 Å². The molecule has 1 atom stereocenters. The first-order valence-electron chi connectivity index (χ1n) is 7.16. The monoisotopic (exact) mass is 288 g/mol. The molecule has 1 aliphatic heterocycles. The molecule has 3 N–H and O–H groups in total. The molecule has 3 rings (SSSR count). The third kappa shape index (κ3) is 3.03. The van der Waals surface area contributed by atoms with Gasteiger partial charge in [-0.3, -0.25) is 4.90 Å². The molecule has 112 valence electrons. The second-order valence-corrected chi connectivity index (χ2v) is 5.44. The number of nitrogen functional groups attached to an aromatic ring is 1. The minimum atomic E-state index is -0.288. The summed E-state index contributed by atoms with van der Waals surface area (Å²) in [6, 6.07) is 3.70. The maximum atomic E-state index is 9.46. The van der Waals surface area contributed by atoms with Gasteiger partial charge in [-0.1, -0.05) is 0 Å². The Labute approximate surface area is 123 Å². The first-order valence-corrected chi connectivity index (χ1v) is 7.16. The van der Waals surface area contributed by atoms with Gasteiger partial charge in [-0.05, 0) is 19.1 Å². The van der Waals surface area contributed by atoms with E-state index in [1.54, 1.807) is 6.07 Å². The van der Waals surface area contributed by atoms with Crippen LogP contribution >= 0.6 is 0 Å². The van der Waals surface area contributed by atoms with Gasteiger partial charge in [0, 0.05) is 32.7 Å². The summed E-state index contributed by atoms with van der Waals surface area (Å²) in [5, 5.41) is 10.4. The van der Waals surface area contributed by atoms with Crippen LogP contribution in [-0.2, 0) is 0 Å². The van der Waals surface area contributed by atoms with E-state index in [0.29, 0.717) is 11.5 Å². The molecule has 2 aromatic rings. The Kier molecular flexibility index (Phi) is 3.85. The third-order valence-corrected chi connectivity index (χ3v) is 3.69. The van der Waals surface area contributed by atoms with Crippen molar-refractivity contribution in [3.8, 4) is 0 Å². The van der Waals surface area contributed by atoms with E-state index in [1.807, 2.05) is 13.0 Å². The quantitative estimate of drug-likeness (QED) is 0.828. The Morgan fingerprint density at radius 3 is 2.71 bits per heavy atom. The lowest BCUT2D eigenvalue weighted by atomic mass is 10.2. The molecule has 7 nitrogen and oxygen atoms in total. The summed E-state index contributed by atoms with van der Waals surface area (Å²) in [4.78, 5) is 17.3. The highest BCUT2D eigenvalue weighted by Crippen LogP contribution is 2.23. The lowest BCUT2D eigenvalue weighted by Crippen LogP contribution is -2.48. The molecule has 1 fully saturated rings. The molecule has 1 aliphatic rings. The number of aromatic nitrogens is 3. The minimum Gasteiger partial charge on any atom is -0.392 e. The summed E-state index contributed by atoms with van der Waals surface area (Å²) < 4.78 is 0. The van der Waals surface area contributed by atoms with Crippen LogP contribution in [0.3, 0.4) is 0 Å². The first kappa shape index (κ1) is 14.0. The van der Waals surface area contributed by atoms with Crippen molar-refractivity contribution in [2.75, 3.05) is 43.4 Å². The van der Waals surface area contributed by atoms with Crippen molar-refractivity contribution in [3.63, 3.8) is 0 Å². The Balaban J connectivity index is 1.79. The largest absolute Gasteiger partial charge is 0.392 e. The number of pyridine rings is 1. The number of β-amino-alcohol motifs (C(OH)–C–C–N with tert-alkyl or cyclic N) is 1. The van der Waals surface area contributed by atoms with Crippen molar-refractivity contribution in [1.82, 2.24) is 19.9 Å². The maximum Gasteiger partial charge on any atom is 0.166 e. The smallest absolute Gasteiger partial charge is 0.166 e. The molecule has 0 amide bonds. The topological polar surface area (TPSA) is 91.4 Å². The molecule has 21 heavy (non-hydrogen) atoms. The van der Waals surface area contributed by atoms with Crippen LogP contribution in [0.25, 0.3) is 11.0 Å². The average Bonchev–Trinajstić information content (AvgIpc) is 2.46. The van der Waals surface area contributed by atoms with Crippen molar-refractivity contribution >= 4 is 22.7 Å². The van der Waals surface area contributed by atoms with Crippen LogP contribution in [0.15, 0.2) is 18.5 Å². The molecule has 2 aromatic heterocycles. The number of hydrogen-bond acceptors (Lipinski definition) is 7. The number of rotatable bonds is 3. The molecule has 3 heterocycles. The molecule has 1 saturated heterocycles. The number of piperazine rings is 1. The average molecular weight is 288 g/mol. The zero-order chi connectivity index (χ0) is 14.8. The van der Waals surface area contributed by atoms with Crippen molar-refractivity contribution < 1.29 is 5.11 Å². The summed E-state index contributed by atoms with van der Waals surface area (Å²) in [5.74, 6) is 1.37. The van der Waals surface area contributed by atoms with E-state index < -0.39 is 0 Å². The van der Waals surface area contributed by atoms with Crippen molar-refractivity contribution in [2.45, 2.75) is 13.0 Å². The fourth-order valence-corrected chi connectivity index (χ4v) is 2.71. The van der Waals surface area contributed by atoms with Gasteiger partial charge >= 0.3 is 0 Å². The van der Waals surface area contributed by atoms with Crippen molar-refractivity contribution in [1.29, 1.82) is 0 Å². The van der Waals surface area contributed by atoms with Crippen molar-refractivity contribution in [2.24, 2.45) is 0 Å². The van der Waals surface area contributed by atoms with E-state index in [0.717, 1.165) is 43.9 Å². The Morgan fingerprint density at radius 2 is 2.00 bits per heavy atom. The van der Waals surface area contributed by atoms with Gasteiger partial charge in [0.1, 0.15) is 18.0 Å². The van der Waals surface area contributed by atoms with Gasteiger partial charge in [0.05, 0.1) is 11.5 Å². The number of aliphatic hydroxyl groups excluding tert-OH is 1. The van der Waals surface area contributed by atoms with E-state index >= 15 is 0 Å². The van der Waals surface area contributed by atoms with Gasteiger partial charge < -0.3 is 15.7 Å². The molecular weight excluding hydrogens is 268 g/mol. The van der Waals surface area contributed by atoms with Crippen LogP contribution in [0.5, 0.6) is 0 Å². The summed E-state index contributed by atoms with van der Waals surface area (Å²) in [6.07, 6.45) is 1.25. The SMILES string of the molecule is C[C@@H](O)CN1CCN(c2ncnc3nc(N)ccc23)CC1. The number of anilines is 2. The summed E-state index contributed by atoms with van der Waals surface area (Å²) in [7, 11) is 0. The van der Waals surface area contributed by atoms with Gasteiger partial charge in [0.15, 0.2) is 5.65 Å². The third-order valence-electron chi connectivity index (χ3n) is 3.69. The molecule has 0 bridgehead atoms. The zero-order valence-corrected chi connectivity index (χ0v) is 12.1. The van der Waals surface area contributed by atoms with Crippen LogP contribution in [0.1, 0.15) is 6.92 Å². The van der Waals surface area contributed by atoms with Crippen LogP contribution in [-0.4, -0.2) is 63.8 Å². The Hall–Kier alpha value is -1.99. The Bertz CT molecular complexity index is 624. The highest BCUT2D eigenvalue weighted by Gasteiger charge is 2.20. The number of aliphatic hydroxyl groups is 1. The fraction of sp³-hybridized carbons (Fsp3) is 0.500. The molecule has 0 radical (unpaired) electrons. The van der Waals surface area contributed by atoms with E-state index in [1.165, 1.54) is 6.33 Å². The fourth-order valence-electron chi connectivity index (χ4n) is 2.71. The normalized spacial score (nSPS) is 18.1. The summed E-state index contributed by atoms with van der Waals surface area (Å²) in [6.45, 7) is 6.13. The van der Waals surface area contributed by atoms with Crippen LogP contribution in [0.4, 0.5) is 11.6 Å². The lowest BCUT2D eigenvalue weighted by molar-refractivity contribution is 0.122. The second kappa shape index (κ2) is 5.79. The molecule has 7 heteroatoms. The second-order valence-electron chi connectivity index (χ2n) is 5.44. The summed E-state index contributed by atoms with van der Waals surface area (Å²) >= 11 is 0. The van der Waals surface area contributed by atoms with E-state index in [2.05, 4.69) is 24.8 Å². The number of nitrogens with zero attached hydrogens (tertiary/aromatic N) is 5. The highest BCUT2D eigenvalue weighted by molar-refractivity contribution is 5.87.